The molecule has 0 fully saturated rings. The Labute approximate surface area is 83.0 Å². The number of hydrogen-bond acceptors (Lipinski definition) is 3. The Bertz CT molecular complexity index is 326. The summed E-state index contributed by atoms with van der Waals surface area (Å²) in [4.78, 5) is 14.8. The van der Waals surface area contributed by atoms with Gasteiger partial charge >= 0.3 is 5.97 Å². The van der Waals surface area contributed by atoms with Crippen molar-refractivity contribution < 1.29 is 9.90 Å². The fourth-order valence-electron chi connectivity index (χ4n) is 1.03. The standard InChI is InChI=1S/C10H14N2O2/c1-3-7(2)12-9-8(10(13)14)5-4-6-11-9/h4-7H,3H2,1-2H3,(H,11,12)(H,13,14)/t7-/m0/s1. The van der Waals surface area contributed by atoms with Crippen molar-refractivity contribution in [3.05, 3.63) is 23.9 Å². The third kappa shape index (κ3) is 2.45. The predicted molar refractivity (Wildman–Crippen MR) is 54.6 cm³/mol. The van der Waals surface area contributed by atoms with Gasteiger partial charge in [0.05, 0.1) is 0 Å². The van der Waals surface area contributed by atoms with Gasteiger partial charge in [0, 0.05) is 12.2 Å². The number of carbonyl (C=O) groups is 1. The molecule has 0 aromatic carbocycles. The van der Waals surface area contributed by atoms with Crippen molar-refractivity contribution >= 4 is 11.8 Å². The average molecular weight is 194 g/mol. The smallest absolute Gasteiger partial charge is 0.339 e. The summed E-state index contributed by atoms with van der Waals surface area (Å²) in [7, 11) is 0. The number of nitrogens with one attached hydrogen (secondary N) is 1. The number of carboxylic acid groups (broad SMARTS) is 1. The Balaban J connectivity index is 2.90. The van der Waals surface area contributed by atoms with Crippen LogP contribution in [0.4, 0.5) is 5.82 Å². The minimum atomic E-state index is -0.955. The first-order valence-corrected chi connectivity index (χ1v) is 4.60. The van der Waals surface area contributed by atoms with Gasteiger partial charge in [0.2, 0.25) is 0 Å². The molecule has 0 spiro atoms. The highest BCUT2D eigenvalue weighted by molar-refractivity contribution is 5.93. The second kappa shape index (κ2) is 4.60. The fraction of sp³-hybridized carbons (Fsp3) is 0.400. The van der Waals surface area contributed by atoms with Gasteiger partial charge in [-0.15, -0.1) is 0 Å². The van der Waals surface area contributed by atoms with Crippen molar-refractivity contribution in [1.29, 1.82) is 0 Å². The maximum Gasteiger partial charge on any atom is 0.339 e. The quantitative estimate of drug-likeness (QED) is 0.769. The molecule has 1 aromatic heterocycles. The molecule has 2 N–H and O–H groups in total. The van der Waals surface area contributed by atoms with E-state index in [2.05, 4.69) is 10.3 Å². The number of aromatic nitrogens is 1. The summed E-state index contributed by atoms with van der Waals surface area (Å²) in [6.45, 7) is 4.02. The zero-order valence-electron chi connectivity index (χ0n) is 8.32. The lowest BCUT2D eigenvalue weighted by Gasteiger charge is -2.13. The minimum absolute atomic E-state index is 0.216. The lowest BCUT2D eigenvalue weighted by atomic mass is 10.2. The van der Waals surface area contributed by atoms with Gasteiger partial charge in [-0.1, -0.05) is 6.92 Å². The molecule has 14 heavy (non-hydrogen) atoms. The fourth-order valence-corrected chi connectivity index (χ4v) is 1.03. The molecular formula is C10H14N2O2. The molecule has 0 amide bonds. The first-order valence-electron chi connectivity index (χ1n) is 4.60. The number of pyridine rings is 1. The van der Waals surface area contributed by atoms with E-state index in [0.29, 0.717) is 5.82 Å². The van der Waals surface area contributed by atoms with Crippen LogP contribution in [0.1, 0.15) is 30.6 Å². The minimum Gasteiger partial charge on any atom is -0.478 e. The van der Waals surface area contributed by atoms with Crippen molar-refractivity contribution in [3.8, 4) is 0 Å². The first kappa shape index (κ1) is 10.5. The molecule has 1 rings (SSSR count). The largest absolute Gasteiger partial charge is 0.478 e. The Morgan fingerprint density at radius 2 is 2.43 bits per heavy atom. The van der Waals surface area contributed by atoms with Gasteiger partial charge in [-0.05, 0) is 25.5 Å². The third-order valence-electron chi connectivity index (χ3n) is 2.03. The van der Waals surface area contributed by atoms with E-state index < -0.39 is 5.97 Å². The van der Waals surface area contributed by atoms with Crippen LogP contribution in [0.2, 0.25) is 0 Å². The van der Waals surface area contributed by atoms with Crippen LogP contribution in [0.15, 0.2) is 18.3 Å². The molecule has 4 heteroatoms. The zero-order chi connectivity index (χ0) is 10.6. The number of anilines is 1. The second-order valence-electron chi connectivity index (χ2n) is 3.16. The molecule has 0 unspecified atom stereocenters. The van der Waals surface area contributed by atoms with Crippen molar-refractivity contribution in [2.24, 2.45) is 0 Å². The Morgan fingerprint density at radius 3 is 3.00 bits per heavy atom. The Morgan fingerprint density at radius 1 is 1.71 bits per heavy atom. The SMILES string of the molecule is CC[C@H](C)Nc1ncccc1C(=O)O. The molecule has 0 aliphatic heterocycles. The van der Waals surface area contributed by atoms with Crippen LogP contribution in [0.25, 0.3) is 0 Å². The monoisotopic (exact) mass is 194 g/mol. The summed E-state index contributed by atoms with van der Waals surface area (Å²) >= 11 is 0. The molecule has 76 valence electrons. The van der Waals surface area contributed by atoms with E-state index in [1.54, 1.807) is 18.3 Å². The Hall–Kier alpha value is -1.58. The van der Waals surface area contributed by atoms with Crippen molar-refractivity contribution in [2.45, 2.75) is 26.3 Å². The van der Waals surface area contributed by atoms with Gasteiger partial charge in [-0.3, -0.25) is 0 Å². The first-order chi connectivity index (χ1) is 6.65. The highest BCUT2D eigenvalue weighted by Crippen LogP contribution is 2.12. The van der Waals surface area contributed by atoms with E-state index in [4.69, 9.17) is 5.11 Å². The van der Waals surface area contributed by atoms with Gasteiger partial charge < -0.3 is 10.4 Å². The summed E-state index contributed by atoms with van der Waals surface area (Å²) in [6, 6.07) is 3.38. The molecule has 0 aliphatic rings. The lowest BCUT2D eigenvalue weighted by molar-refractivity contribution is 0.0697. The van der Waals surface area contributed by atoms with Crippen LogP contribution >= 0.6 is 0 Å². The second-order valence-corrected chi connectivity index (χ2v) is 3.16. The zero-order valence-corrected chi connectivity index (χ0v) is 8.32. The van der Waals surface area contributed by atoms with E-state index in [0.717, 1.165) is 6.42 Å². The summed E-state index contributed by atoms with van der Waals surface area (Å²) in [6.07, 6.45) is 2.51. The molecule has 0 bridgehead atoms. The van der Waals surface area contributed by atoms with Crippen molar-refractivity contribution in [2.75, 3.05) is 5.32 Å². The molecule has 0 radical (unpaired) electrons. The summed E-state index contributed by atoms with van der Waals surface area (Å²) in [5, 5.41) is 11.9. The van der Waals surface area contributed by atoms with Crippen LogP contribution in [0.3, 0.4) is 0 Å². The molecule has 1 heterocycles. The van der Waals surface area contributed by atoms with Crippen LogP contribution in [-0.2, 0) is 0 Å². The summed E-state index contributed by atoms with van der Waals surface area (Å²) in [5.41, 5.74) is 0.216. The molecule has 0 saturated carbocycles. The third-order valence-corrected chi connectivity index (χ3v) is 2.03. The van der Waals surface area contributed by atoms with Gasteiger partial charge in [-0.25, -0.2) is 9.78 Å². The van der Waals surface area contributed by atoms with Gasteiger partial charge in [0.1, 0.15) is 11.4 Å². The van der Waals surface area contributed by atoms with Crippen LogP contribution in [-0.4, -0.2) is 22.1 Å². The number of aromatic carboxylic acids is 1. The van der Waals surface area contributed by atoms with E-state index in [1.807, 2.05) is 13.8 Å². The molecule has 1 atom stereocenters. The van der Waals surface area contributed by atoms with E-state index in [1.165, 1.54) is 0 Å². The predicted octanol–water partition coefficient (Wildman–Crippen LogP) is 1.99. The summed E-state index contributed by atoms with van der Waals surface area (Å²) < 4.78 is 0. The van der Waals surface area contributed by atoms with E-state index in [9.17, 15) is 4.79 Å². The normalized spacial score (nSPS) is 12.1. The van der Waals surface area contributed by atoms with Crippen LogP contribution < -0.4 is 5.32 Å². The molecule has 0 aliphatic carbocycles. The van der Waals surface area contributed by atoms with Crippen LogP contribution in [0.5, 0.6) is 0 Å². The highest BCUT2D eigenvalue weighted by Gasteiger charge is 2.11. The molecule has 1 aromatic rings. The van der Waals surface area contributed by atoms with Gasteiger partial charge in [-0.2, -0.15) is 0 Å². The molecular weight excluding hydrogens is 180 g/mol. The molecule has 0 saturated heterocycles. The lowest BCUT2D eigenvalue weighted by Crippen LogP contribution is -2.17. The van der Waals surface area contributed by atoms with E-state index in [-0.39, 0.29) is 11.6 Å². The highest BCUT2D eigenvalue weighted by atomic mass is 16.4. The Kier molecular flexibility index (Phi) is 3.45. The maximum absolute atomic E-state index is 10.8. The van der Waals surface area contributed by atoms with E-state index >= 15 is 0 Å². The number of carboxylic acids is 1. The number of rotatable bonds is 4. The van der Waals surface area contributed by atoms with Crippen molar-refractivity contribution in [1.82, 2.24) is 4.98 Å². The maximum atomic E-state index is 10.8. The van der Waals surface area contributed by atoms with Gasteiger partial charge in [0.15, 0.2) is 0 Å². The van der Waals surface area contributed by atoms with Crippen LogP contribution in [0, 0.1) is 0 Å². The topological polar surface area (TPSA) is 62.2 Å². The van der Waals surface area contributed by atoms with Gasteiger partial charge in [0.25, 0.3) is 0 Å². The van der Waals surface area contributed by atoms with Crippen molar-refractivity contribution in [3.63, 3.8) is 0 Å². The molecule has 4 nitrogen and oxygen atoms in total. The summed E-state index contributed by atoms with van der Waals surface area (Å²) in [5.74, 6) is -0.516. The average Bonchev–Trinajstić information content (AvgIpc) is 2.18. The number of nitrogens with zero attached hydrogens (tertiary/aromatic N) is 1. The number of hydrogen-bond donors (Lipinski definition) is 2.